The van der Waals surface area contributed by atoms with Gasteiger partial charge in [-0.3, -0.25) is 0 Å². The summed E-state index contributed by atoms with van der Waals surface area (Å²) in [5.74, 6) is 0.796. The van der Waals surface area contributed by atoms with Gasteiger partial charge in [0.05, 0.1) is 6.61 Å². The van der Waals surface area contributed by atoms with Gasteiger partial charge in [-0.25, -0.2) is 4.98 Å². The number of H-pyrrole nitrogens is 1. The number of rotatable bonds is 3. The number of aromatic nitrogens is 1. The van der Waals surface area contributed by atoms with E-state index in [1.165, 1.54) is 0 Å². The number of hydrogen-bond donors (Lipinski definition) is 1. The molecule has 0 aromatic carbocycles. The van der Waals surface area contributed by atoms with E-state index in [0.29, 0.717) is 6.61 Å². The van der Waals surface area contributed by atoms with Crippen molar-refractivity contribution in [1.82, 2.24) is 0 Å². The molecule has 1 aromatic rings. The van der Waals surface area contributed by atoms with Crippen LogP contribution in [0.15, 0.2) is 18.3 Å². The Balaban J connectivity index is 2.66. The van der Waals surface area contributed by atoms with Gasteiger partial charge in [-0.2, -0.15) is 0 Å². The minimum atomic E-state index is 0.0341. The topological polar surface area (TPSA) is 43.6 Å². The summed E-state index contributed by atoms with van der Waals surface area (Å²) in [6.07, 6.45) is 1.73. The van der Waals surface area contributed by atoms with E-state index in [9.17, 15) is 0 Å². The van der Waals surface area contributed by atoms with Crippen molar-refractivity contribution in [1.29, 1.82) is 0 Å². The first-order chi connectivity index (χ1) is 5.36. The van der Waals surface area contributed by atoms with Crippen LogP contribution in [0.1, 0.15) is 12.6 Å². The van der Waals surface area contributed by atoms with Gasteiger partial charge in [0.15, 0.2) is 5.75 Å². The first kappa shape index (κ1) is 8.01. The van der Waals surface area contributed by atoms with Gasteiger partial charge in [0, 0.05) is 6.07 Å². The molecule has 0 saturated heterocycles. The van der Waals surface area contributed by atoms with Crippen LogP contribution in [-0.2, 0) is 6.61 Å². The van der Waals surface area contributed by atoms with Gasteiger partial charge >= 0.3 is 0 Å². The monoisotopic (exact) mass is 154 g/mol. The van der Waals surface area contributed by atoms with E-state index in [4.69, 9.17) is 9.84 Å². The Morgan fingerprint density at radius 2 is 2.36 bits per heavy atom. The molecule has 0 bridgehead atoms. The zero-order valence-electron chi connectivity index (χ0n) is 6.50. The molecule has 0 amide bonds. The molecule has 0 fully saturated rings. The average Bonchev–Trinajstić information content (AvgIpc) is 2.07. The summed E-state index contributed by atoms with van der Waals surface area (Å²) in [7, 11) is 0. The molecule has 60 valence electrons. The second kappa shape index (κ2) is 3.93. The number of aromatic amines is 1. The molecule has 0 aliphatic heterocycles. The van der Waals surface area contributed by atoms with Gasteiger partial charge in [-0.05, 0) is 13.0 Å². The zero-order chi connectivity index (χ0) is 8.10. The molecular formula is C8H12NO2+. The highest BCUT2D eigenvalue weighted by molar-refractivity contribution is 5.14. The van der Waals surface area contributed by atoms with Crippen molar-refractivity contribution in [2.24, 2.45) is 0 Å². The van der Waals surface area contributed by atoms with Crippen molar-refractivity contribution < 1.29 is 14.8 Å². The van der Waals surface area contributed by atoms with Gasteiger partial charge in [0.2, 0.25) is 11.9 Å². The largest absolute Gasteiger partial charge is 0.488 e. The zero-order valence-corrected chi connectivity index (χ0v) is 6.50. The Bertz CT molecular complexity index is 208. The van der Waals surface area contributed by atoms with E-state index in [1.54, 1.807) is 12.3 Å². The third-order valence-electron chi connectivity index (χ3n) is 1.33. The summed E-state index contributed by atoms with van der Waals surface area (Å²) < 4.78 is 5.19. The van der Waals surface area contributed by atoms with Crippen LogP contribution >= 0.6 is 0 Å². The Hall–Kier alpha value is -1.09. The minimum absolute atomic E-state index is 0.0341. The van der Waals surface area contributed by atoms with Crippen molar-refractivity contribution in [3.05, 3.63) is 24.0 Å². The average molecular weight is 154 g/mol. The van der Waals surface area contributed by atoms with E-state index in [2.05, 4.69) is 4.98 Å². The number of pyridine rings is 1. The van der Waals surface area contributed by atoms with Crippen molar-refractivity contribution in [2.45, 2.75) is 13.5 Å². The summed E-state index contributed by atoms with van der Waals surface area (Å²) in [4.78, 5) is 2.90. The maximum atomic E-state index is 8.69. The van der Waals surface area contributed by atoms with Crippen LogP contribution in [0.25, 0.3) is 0 Å². The van der Waals surface area contributed by atoms with Crippen LogP contribution in [0.3, 0.4) is 0 Å². The van der Waals surface area contributed by atoms with Crippen molar-refractivity contribution in [3.63, 3.8) is 0 Å². The second-order valence-corrected chi connectivity index (χ2v) is 2.14. The highest BCUT2D eigenvalue weighted by Gasteiger charge is 1.99. The van der Waals surface area contributed by atoms with E-state index in [-0.39, 0.29) is 6.61 Å². The predicted molar refractivity (Wildman–Crippen MR) is 40.1 cm³/mol. The van der Waals surface area contributed by atoms with Gasteiger partial charge in [0.1, 0.15) is 6.61 Å². The fraction of sp³-hybridized carbons (Fsp3) is 0.375. The summed E-state index contributed by atoms with van der Waals surface area (Å²) in [6, 6.07) is 3.62. The van der Waals surface area contributed by atoms with Gasteiger partial charge in [-0.1, -0.05) is 0 Å². The third-order valence-corrected chi connectivity index (χ3v) is 1.33. The molecule has 0 unspecified atom stereocenters. The van der Waals surface area contributed by atoms with Gasteiger partial charge < -0.3 is 9.84 Å². The van der Waals surface area contributed by atoms with Crippen LogP contribution in [0.2, 0.25) is 0 Å². The van der Waals surface area contributed by atoms with E-state index in [0.717, 1.165) is 11.4 Å². The summed E-state index contributed by atoms with van der Waals surface area (Å²) >= 11 is 0. The number of aliphatic hydroxyl groups excluding tert-OH is 1. The first-order valence-corrected chi connectivity index (χ1v) is 3.61. The lowest BCUT2D eigenvalue weighted by atomic mass is 10.3. The third kappa shape index (κ3) is 2.20. The molecular weight excluding hydrogens is 142 g/mol. The maximum Gasteiger partial charge on any atom is 0.209 e. The smallest absolute Gasteiger partial charge is 0.209 e. The fourth-order valence-electron chi connectivity index (χ4n) is 0.798. The SMILES string of the molecule is CCOc1ccc(CO)[nH+]c1. The fourth-order valence-corrected chi connectivity index (χ4v) is 0.798. The summed E-state index contributed by atoms with van der Waals surface area (Å²) in [6.45, 7) is 2.62. The van der Waals surface area contributed by atoms with Crippen LogP contribution in [0.4, 0.5) is 0 Å². The molecule has 2 N–H and O–H groups in total. The first-order valence-electron chi connectivity index (χ1n) is 3.61. The number of hydrogen-bond acceptors (Lipinski definition) is 2. The maximum absolute atomic E-state index is 8.69. The molecule has 1 aromatic heterocycles. The van der Waals surface area contributed by atoms with Crippen molar-refractivity contribution in [2.75, 3.05) is 6.61 Å². The van der Waals surface area contributed by atoms with Gasteiger partial charge in [-0.15, -0.1) is 0 Å². The Labute approximate surface area is 65.7 Å². The predicted octanol–water partition coefficient (Wildman–Crippen LogP) is 0.392. The molecule has 1 rings (SSSR count). The highest BCUT2D eigenvalue weighted by Crippen LogP contribution is 2.05. The van der Waals surface area contributed by atoms with Crippen molar-refractivity contribution >= 4 is 0 Å². The summed E-state index contributed by atoms with van der Waals surface area (Å²) in [5, 5.41) is 8.69. The molecule has 0 spiro atoms. The number of nitrogens with one attached hydrogen (secondary N) is 1. The lowest BCUT2D eigenvalue weighted by Crippen LogP contribution is -2.10. The van der Waals surface area contributed by atoms with Crippen molar-refractivity contribution in [3.8, 4) is 5.75 Å². The molecule has 0 aliphatic rings. The van der Waals surface area contributed by atoms with E-state index < -0.39 is 0 Å². The second-order valence-electron chi connectivity index (χ2n) is 2.14. The van der Waals surface area contributed by atoms with Crippen LogP contribution < -0.4 is 9.72 Å². The molecule has 3 nitrogen and oxygen atoms in total. The molecule has 0 aliphatic carbocycles. The highest BCUT2D eigenvalue weighted by atomic mass is 16.5. The lowest BCUT2D eigenvalue weighted by molar-refractivity contribution is -0.395. The van der Waals surface area contributed by atoms with Crippen LogP contribution in [-0.4, -0.2) is 11.7 Å². The van der Waals surface area contributed by atoms with Gasteiger partial charge in [0.25, 0.3) is 0 Å². The normalized spacial score (nSPS) is 9.64. The van der Waals surface area contributed by atoms with E-state index >= 15 is 0 Å². The minimum Gasteiger partial charge on any atom is -0.488 e. The lowest BCUT2D eigenvalue weighted by Gasteiger charge is -1.97. The molecule has 0 atom stereocenters. The molecule has 1 heterocycles. The molecule has 0 radical (unpaired) electrons. The van der Waals surface area contributed by atoms with E-state index in [1.807, 2.05) is 13.0 Å². The molecule has 3 heteroatoms. The Kier molecular flexibility index (Phi) is 2.86. The number of aliphatic hydroxyl groups is 1. The standard InChI is InChI=1S/C8H11NO2/c1-2-11-8-4-3-7(6-10)9-5-8/h3-5,10H,2,6H2,1H3/p+1. The summed E-state index contributed by atoms with van der Waals surface area (Å²) in [5.41, 5.74) is 0.786. The Morgan fingerprint density at radius 1 is 1.55 bits per heavy atom. The van der Waals surface area contributed by atoms with Crippen LogP contribution in [0.5, 0.6) is 5.75 Å². The Morgan fingerprint density at radius 3 is 2.82 bits per heavy atom. The number of ether oxygens (including phenoxy) is 1. The quantitative estimate of drug-likeness (QED) is 0.684. The molecule has 11 heavy (non-hydrogen) atoms. The van der Waals surface area contributed by atoms with Crippen LogP contribution in [0, 0.1) is 0 Å². The molecule has 0 saturated carbocycles.